The quantitative estimate of drug-likeness (QED) is 0.0798. The molecule has 4 nitrogen and oxygen atoms in total. The fraction of sp³-hybridized carbons (Fsp3) is 0.440. The number of furan rings is 1. The van der Waals surface area contributed by atoms with Crippen molar-refractivity contribution in [2.24, 2.45) is 16.7 Å². The Hall–Kier alpha value is -3.57. The third-order valence-electron chi connectivity index (χ3n) is 12.1. The molecule has 0 fully saturated rings. The number of ketones is 1. The molecule has 0 bridgehead atoms. The van der Waals surface area contributed by atoms with E-state index in [1.807, 2.05) is 41.5 Å². The first-order valence-corrected chi connectivity index (χ1v) is 21.1. The van der Waals surface area contributed by atoms with Gasteiger partial charge in [-0.1, -0.05) is 124 Å². The van der Waals surface area contributed by atoms with E-state index >= 15 is 0 Å². The van der Waals surface area contributed by atoms with Crippen LogP contribution in [-0.2, 0) is 36.7 Å². The summed E-state index contributed by atoms with van der Waals surface area (Å²) in [5.41, 5.74) is 8.62. The second-order valence-corrected chi connectivity index (χ2v) is 18.3. The van der Waals surface area contributed by atoms with Crippen LogP contribution in [0.4, 0.5) is 0 Å². The standard InChI is InChI=1S/C35H34NOS.C15H28O2.Ir/c1-20(2)14-28-22(4)37-32-17-24(12-13-27(28)32)29-18-31(36-34-33(29)21(3)19-38-34)25-15-23-10-8-9-11-26(23)30(16-25)35(5,6)7;1-7-14(5,8-2)12(16)11-13(17)15(6,9-3)10-4;/h8-13,16-20H,14H2,1-7H3;11,16H,7-10H2,1-6H3;/q-1;;/b;12-11-;. The van der Waals surface area contributed by atoms with Crippen molar-refractivity contribution in [1.82, 2.24) is 4.98 Å². The number of carbonyl (C=O) groups excluding carboxylic acids is 1. The van der Waals surface area contributed by atoms with Gasteiger partial charge in [0.2, 0.25) is 0 Å². The van der Waals surface area contributed by atoms with Crippen LogP contribution in [0.2, 0.25) is 0 Å². The number of allylic oxidation sites excluding steroid dienone is 2. The summed E-state index contributed by atoms with van der Waals surface area (Å²) >= 11 is 1.71. The number of fused-ring (bicyclic) bond motifs is 3. The van der Waals surface area contributed by atoms with Gasteiger partial charge in [-0.05, 0) is 85.4 Å². The number of carbonyl (C=O) groups is 1. The maximum Gasteiger partial charge on any atom is 0.164 e. The summed E-state index contributed by atoms with van der Waals surface area (Å²) in [6.07, 6.45) is 5.78. The molecular formula is C50H62IrNO3S-. The Bertz CT molecular complexity index is 2340. The number of aromatic nitrogens is 1. The second-order valence-electron chi connectivity index (χ2n) is 17.4. The third kappa shape index (κ3) is 9.25. The molecule has 3 heterocycles. The van der Waals surface area contributed by atoms with Crippen LogP contribution in [0.1, 0.15) is 124 Å². The van der Waals surface area contributed by atoms with Gasteiger partial charge < -0.3 is 9.52 Å². The number of pyridine rings is 1. The Kier molecular flexibility index (Phi) is 14.4. The number of thiophene rings is 1. The van der Waals surface area contributed by atoms with Gasteiger partial charge in [0.1, 0.15) is 21.9 Å². The predicted octanol–water partition coefficient (Wildman–Crippen LogP) is 15.1. The molecule has 56 heavy (non-hydrogen) atoms. The van der Waals surface area contributed by atoms with Crippen LogP contribution < -0.4 is 0 Å². The summed E-state index contributed by atoms with van der Waals surface area (Å²) in [6.45, 7) is 27.7. The van der Waals surface area contributed by atoms with Crippen molar-refractivity contribution in [1.29, 1.82) is 0 Å². The molecule has 3 aromatic carbocycles. The zero-order valence-corrected chi connectivity index (χ0v) is 39.1. The first kappa shape index (κ1) is 45.1. The van der Waals surface area contributed by atoms with Gasteiger partial charge in [0.05, 0.1) is 0 Å². The summed E-state index contributed by atoms with van der Waals surface area (Å²) in [5, 5.41) is 17.2. The average Bonchev–Trinajstić information content (AvgIpc) is 3.69. The predicted molar refractivity (Wildman–Crippen MR) is 236 cm³/mol. The van der Waals surface area contributed by atoms with Crippen molar-refractivity contribution in [3.63, 3.8) is 0 Å². The molecule has 6 heteroatoms. The van der Waals surface area contributed by atoms with Gasteiger partial charge >= 0.3 is 0 Å². The molecule has 0 aliphatic rings. The zero-order chi connectivity index (χ0) is 40.5. The molecule has 0 spiro atoms. The van der Waals surface area contributed by atoms with Crippen molar-refractivity contribution in [3.8, 4) is 22.4 Å². The Morgan fingerprint density at radius 2 is 1.54 bits per heavy atom. The van der Waals surface area contributed by atoms with Crippen molar-refractivity contribution in [3.05, 3.63) is 100 Å². The maximum atomic E-state index is 12.2. The molecule has 0 aliphatic carbocycles. The van der Waals surface area contributed by atoms with Crippen molar-refractivity contribution < 1.29 is 34.4 Å². The average molecular weight is 949 g/mol. The SMILES string of the molecule is CCC(C)(CC)C(=O)/C=C(\O)C(C)(CC)CC.Cc1oc2cc(-c3cc(-c4[c-]c5ccccc5c(C(C)(C)C)c4)nc4scc(C)c34)ccc2c1CC(C)C.[Ir]. The van der Waals surface area contributed by atoms with E-state index in [0.717, 1.165) is 70.5 Å². The van der Waals surface area contributed by atoms with E-state index in [-0.39, 0.29) is 47.9 Å². The molecule has 0 saturated carbocycles. The molecule has 0 saturated heterocycles. The van der Waals surface area contributed by atoms with Gasteiger partial charge in [0.15, 0.2) is 5.78 Å². The number of hydrogen-bond acceptors (Lipinski definition) is 5. The summed E-state index contributed by atoms with van der Waals surface area (Å²) in [5.74, 6) is 1.90. The van der Waals surface area contributed by atoms with Gasteiger partial charge in [0.25, 0.3) is 0 Å². The number of benzene rings is 3. The zero-order valence-electron chi connectivity index (χ0n) is 35.9. The monoisotopic (exact) mass is 949 g/mol. The van der Waals surface area contributed by atoms with E-state index in [1.54, 1.807) is 11.3 Å². The number of aliphatic hydroxyl groups is 1. The number of hydrogen-bond donors (Lipinski definition) is 1. The first-order chi connectivity index (χ1) is 25.9. The van der Waals surface area contributed by atoms with Gasteiger partial charge in [-0.3, -0.25) is 9.78 Å². The fourth-order valence-electron chi connectivity index (χ4n) is 7.33. The number of nitrogens with zero attached hydrogens (tertiary/aromatic N) is 1. The van der Waals surface area contributed by atoms with E-state index in [2.05, 4.69) is 115 Å². The van der Waals surface area contributed by atoms with Crippen molar-refractivity contribution in [2.45, 2.75) is 128 Å². The molecular weight excluding hydrogens is 887 g/mol. The third-order valence-corrected chi connectivity index (χ3v) is 13.1. The number of rotatable bonds is 11. The van der Waals surface area contributed by atoms with E-state index in [1.165, 1.54) is 44.5 Å². The van der Waals surface area contributed by atoms with Crippen LogP contribution in [0.25, 0.3) is 54.3 Å². The maximum absolute atomic E-state index is 12.2. The molecule has 0 atom stereocenters. The Morgan fingerprint density at radius 3 is 2.14 bits per heavy atom. The van der Waals surface area contributed by atoms with Crippen LogP contribution in [0.5, 0.6) is 0 Å². The molecule has 1 N–H and O–H groups in total. The molecule has 1 radical (unpaired) electrons. The summed E-state index contributed by atoms with van der Waals surface area (Å²) < 4.78 is 6.28. The molecule has 301 valence electrons. The van der Waals surface area contributed by atoms with Crippen LogP contribution in [0.3, 0.4) is 0 Å². The summed E-state index contributed by atoms with van der Waals surface area (Å²) in [4.78, 5) is 18.4. The molecule has 0 unspecified atom stereocenters. The summed E-state index contributed by atoms with van der Waals surface area (Å²) in [7, 11) is 0. The van der Waals surface area contributed by atoms with Gasteiger partial charge in [-0.15, -0.1) is 40.5 Å². The number of aliphatic hydroxyl groups excluding tert-OH is 1. The molecule has 6 aromatic rings. The second kappa shape index (κ2) is 17.9. The van der Waals surface area contributed by atoms with Crippen LogP contribution in [-0.4, -0.2) is 15.9 Å². The number of aryl methyl sites for hydroxylation is 2. The smallest absolute Gasteiger partial charge is 0.164 e. The largest absolute Gasteiger partial charge is 0.512 e. The van der Waals surface area contributed by atoms with Crippen LogP contribution >= 0.6 is 11.3 Å². The van der Waals surface area contributed by atoms with Crippen molar-refractivity contribution >= 4 is 49.1 Å². The van der Waals surface area contributed by atoms with Crippen LogP contribution in [0, 0.1) is 36.7 Å². The molecule has 3 aromatic heterocycles. The molecule has 0 amide bonds. The minimum Gasteiger partial charge on any atom is -0.512 e. The van der Waals surface area contributed by atoms with Gasteiger partial charge in [0, 0.05) is 59.0 Å². The van der Waals surface area contributed by atoms with E-state index in [0.29, 0.717) is 5.92 Å². The van der Waals surface area contributed by atoms with E-state index < -0.39 is 0 Å². The van der Waals surface area contributed by atoms with Gasteiger partial charge in [-0.2, -0.15) is 0 Å². The summed E-state index contributed by atoms with van der Waals surface area (Å²) in [6, 6.07) is 23.5. The van der Waals surface area contributed by atoms with E-state index in [9.17, 15) is 9.90 Å². The topological polar surface area (TPSA) is 63.3 Å². The molecule has 6 rings (SSSR count). The van der Waals surface area contributed by atoms with Crippen LogP contribution in [0.15, 0.2) is 76.2 Å². The van der Waals surface area contributed by atoms with Gasteiger partial charge in [-0.25, -0.2) is 0 Å². The Labute approximate surface area is 353 Å². The van der Waals surface area contributed by atoms with E-state index in [4.69, 9.17) is 9.40 Å². The fourth-order valence-corrected chi connectivity index (χ4v) is 8.28. The Morgan fingerprint density at radius 1 is 0.893 bits per heavy atom. The van der Waals surface area contributed by atoms with Crippen molar-refractivity contribution in [2.75, 3.05) is 0 Å². The molecule has 0 aliphatic heterocycles. The normalized spacial score (nSPS) is 12.6. The Balaban J connectivity index is 0.000000330. The minimum atomic E-state index is -0.337. The first-order valence-electron chi connectivity index (χ1n) is 20.2. The minimum absolute atomic E-state index is 0.